The summed E-state index contributed by atoms with van der Waals surface area (Å²) in [5, 5.41) is 3.03. The molecule has 0 saturated heterocycles. The SMILES string of the molecule is CCC(C)NC(=O)C(Cc1ccccc1)N(Cc1ccc(C)cc1)C(=O)CN(c1ccc2c(c1)OCCO2)S(C)(=O)=O. The summed E-state index contributed by atoms with van der Waals surface area (Å²) in [6.45, 7) is 6.24. The monoisotopic (exact) mass is 593 g/mol. The summed E-state index contributed by atoms with van der Waals surface area (Å²) in [6.07, 6.45) is 2.05. The van der Waals surface area contributed by atoms with Crippen molar-refractivity contribution in [2.45, 2.75) is 52.2 Å². The molecule has 2 amide bonds. The minimum Gasteiger partial charge on any atom is -0.486 e. The van der Waals surface area contributed by atoms with Gasteiger partial charge in [0, 0.05) is 25.1 Å². The lowest BCUT2D eigenvalue weighted by Crippen LogP contribution is -2.54. The quantitative estimate of drug-likeness (QED) is 0.339. The van der Waals surface area contributed by atoms with Gasteiger partial charge in [0.15, 0.2) is 11.5 Å². The molecule has 0 aromatic heterocycles. The number of rotatable bonds is 12. The van der Waals surface area contributed by atoms with E-state index in [4.69, 9.17) is 9.47 Å². The molecular formula is C32H39N3O6S. The Balaban J connectivity index is 1.73. The fraction of sp³-hybridized carbons (Fsp3) is 0.375. The number of carbonyl (C=O) groups is 2. The summed E-state index contributed by atoms with van der Waals surface area (Å²) >= 11 is 0. The van der Waals surface area contributed by atoms with E-state index >= 15 is 0 Å². The van der Waals surface area contributed by atoms with Gasteiger partial charge in [0.1, 0.15) is 25.8 Å². The van der Waals surface area contributed by atoms with Crippen LogP contribution in [-0.4, -0.2) is 63.2 Å². The number of amides is 2. The van der Waals surface area contributed by atoms with E-state index in [1.54, 1.807) is 18.2 Å². The highest BCUT2D eigenvalue weighted by atomic mass is 32.2. The van der Waals surface area contributed by atoms with Gasteiger partial charge in [-0.2, -0.15) is 0 Å². The lowest BCUT2D eigenvalue weighted by atomic mass is 10.0. The van der Waals surface area contributed by atoms with E-state index in [1.165, 1.54) is 4.90 Å². The molecule has 1 heterocycles. The molecule has 1 aliphatic rings. The van der Waals surface area contributed by atoms with Gasteiger partial charge in [0.05, 0.1) is 11.9 Å². The maximum absolute atomic E-state index is 14.2. The van der Waals surface area contributed by atoms with Gasteiger partial charge >= 0.3 is 0 Å². The van der Waals surface area contributed by atoms with E-state index in [9.17, 15) is 18.0 Å². The predicted molar refractivity (Wildman–Crippen MR) is 163 cm³/mol. The average Bonchev–Trinajstić information content (AvgIpc) is 2.98. The standard InChI is InChI=1S/C32H39N3O6S/c1-5-24(3)33-32(37)28(19-25-9-7-6-8-10-25)34(21-26-13-11-23(2)12-14-26)31(36)22-35(42(4,38)39)27-15-16-29-30(20-27)41-18-17-40-29/h6-16,20,24,28H,5,17-19,21-22H2,1-4H3,(H,33,37). The van der Waals surface area contributed by atoms with E-state index in [-0.39, 0.29) is 30.6 Å². The summed E-state index contributed by atoms with van der Waals surface area (Å²) in [5.41, 5.74) is 3.05. The Bertz CT molecular complexity index is 1480. The van der Waals surface area contributed by atoms with Crippen LogP contribution in [0.15, 0.2) is 72.8 Å². The Hall–Kier alpha value is -4.05. The van der Waals surface area contributed by atoms with Crippen LogP contribution in [0.25, 0.3) is 0 Å². The fourth-order valence-electron chi connectivity index (χ4n) is 4.69. The summed E-state index contributed by atoms with van der Waals surface area (Å²) in [6, 6.07) is 21.0. The maximum atomic E-state index is 14.2. The van der Waals surface area contributed by atoms with Crippen molar-refractivity contribution < 1.29 is 27.5 Å². The molecule has 2 unspecified atom stereocenters. The van der Waals surface area contributed by atoms with Crippen molar-refractivity contribution >= 4 is 27.5 Å². The molecule has 224 valence electrons. The minimum absolute atomic E-state index is 0.0997. The molecule has 0 radical (unpaired) electrons. The van der Waals surface area contributed by atoms with Crippen molar-refractivity contribution in [3.05, 3.63) is 89.5 Å². The number of nitrogens with zero attached hydrogens (tertiary/aromatic N) is 2. The summed E-state index contributed by atoms with van der Waals surface area (Å²) in [7, 11) is -3.89. The van der Waals surface area contributed by atoms with Crippen LogP contribution in [0, 0.1) is 6.92 Å². The molecule has 10 heteroatoms. The number of nitrogens with one attached hydrogen (secondary N) is 1. The molecule has 0 fully saturated rings. The van der Waals surface area contributed by atoms with Crippen LogP contribution >= 0.6 is 0 Å². The lowest BCUT2D eigenvalue weighted by molar-refractivity contribution is -0.140. The van der Waals surface area contributed by atoms with Gasteiger partial charge in [-0.05, 0) is 43.5 Å². The first-order valence-corrected chi connectivity index (χ1v) is 16.0. The summed E-state index contributed by atoms with van der Waals surface area (Å²) in [5.74, 6) is 0.122. The molecule has 42 heavy (non-hydrogen) atoms. The Morgan fingerprint density at radius 3 is 2.24 bits per heavy atom. The number of sulfonamides is 1. The van der Waals surface area contributed by atoms with Crippen molar-refractivity contribution in [2.75, 3.05) is 30.3 Å². The number of anilines is 1. The van der Waals surface area contributed by atoms with Crippen molar-refractivity contribution in [2.24, 2.45) is 0 Å². The molecule has 0 spiro atoms. The average molecular weight is 594 g/mol. The highest BCUT2D eigenvalue weighted by Crippen LogP contribution is 2.34. The zero-order chi connectivity index (χ0) is 30.3. The number of aryl methyl sites for hydroxylation is 1. The molecule has 0 saturated carbocycles. The smallest absolute Gasteiger partial charge is 0.244 e. The molecule has 0 bridgehead atoms. The number of fused-ring (bicyclic) bond motifs is 1. The Morgan fingerprint density at radius 1 is 0.929 bits per heavy atom. The second-order valence-corrected chi connectivity index (χ2v) is 12.5. The number of ether oxygens (including phenoxy) is 2. The number of hydrogen-bond acceptors (Lipinski definition) is 6. The zero-order valence-electron chi connectivity index (χ0n) is 24.6. The van der Waals surface area contributed by atoms with Crippen molar-refractivity contribution in [1.29, 1.82) is 0 Å². The number of benzene rings is 3. The Labute approximate surface area is 248 Å². The first-order valence-electron chi connectivity index (χ1n) is 14.1. The number of hydrogen-bond donors (Lipinski definition) is 1. The topological polar surface area (TPSA) is 105 Å². The molecule has 1 N–H and O–H groups in total. The molecule has 2 atom stereocenters. The summed E-state index contributed by atoms with van der Waals surface area (Å²) in [4.78, 5) is 29.5. The third kappa shape index (κ3) is 8.03. The van der Waals surface area contributed by atoms with Crippen LogP contribution in [-0.2, 0) is 32.6 Å². The fourth-order valence-corrected chi connectivity index (χ4v) is 5.53. The van der Waals surface area contributed by atoms with E-state index in [0.29, 0.717) is 24.7 Å². The van der Waals surface area contributed by atoms with Crippen molar-refractivity contribution in [3.8, 4) is 11.5 Å². The summed E-state index contributed by atoms with van der Waals surface area (Å²) < 4.78 is 38.4. The van der Waals surface area contributed by atoms with Crippen LogP contribution in [0.1, 0.15) is 37.0 Å². The number of carbonyl (C=O) groups excluding carboxylic acids is 2. The van der Waals surface area contributed by atoms with Gasteiger partial charge in [0.2, 0.25) is 21.8 Å². The van der Waals surface area contributed by atoms with Gasteiger partial charge in [-0.1, -0.05) is 67.1 Å². The molecule has 3 aromatic rings. The van der Waals surface area contributed by atoms with Crippen molar-refractivity contribution in [1.82, 2.24) is 10.2 Å². The minimum atomic E-state index is -3.89. The molecular weight excluding hydrogens is 554 g/mol. The molecule has 1 aliphatic heterocycles. The first-order chi connectivity index (χ1) is 20.0. The second-order valence-electron chi connectivity index (χ2n) is 10.6. The third-order valence-electron chi connectivity index (χ3n) is 7.24. The van der Waals surface area contributed by atoms with Crippen molar-refractivity contribution in [3.63, 3.8) is 0 Å². The first kappa shape index (κ1) is 30.9. The Morgan fingerprint density at radius 2 is 1.60 bits per heavy atom. The van der Waals surface area contributed by atoms with E-state index in [1.807, 2.05) is 75.4 Å². The lowest BCUT2D eigenvalue weighted by Gasteiger charge is -2.34. The molecule has 4 rings (SSSR count). The molecule has 3 aromatic carbocycles. The highest BCUT2D eigenvalue weighted by molar-refractivity contribution is 7.92. The molecule has 9 nitrogen and oxygen atoms in total. The van der Waals surface area contributed by atoms with E-state index in [0.717, 1.165) is 33.7 Å². The van der Waals surface area contributed by atoms with Crippen LogP contribution in [0.3, 0.4) is 0 Å². The van der Waals surface area contributed by atoms with Crippen LogP contribution in [0.5, 0.6) is 11.5 Å². The van der Waals surface area contributed by atoms with Gasteiger partial charge in [-0.25, -0.2) is 8.42 Å². The van der Waals surface area contributed by atoms with Gasteiger partial charge in [0.25, 0.3) is 0 Å². The Kier molecular flexibility index (Phi) is 10.1. The molecule has 0 aliphatic carbocycles. The van der Waals surface area contributed by atoms with Gasteiger partial charge < -0.3 is 19.7 Å². The maximum Gasteiger partial charge on any atom is 0.244 e. The third-order valence-corrected chi connectivity index (χ3v) is 8.38. The second kappa shape index (κ2) is 13.7. The van der Waals surface area contributed by atoms with E-state index < -0.39 is 28.5 Å². The normalized spacial score (nSPS) is 14.0. The van der Waals surface area contributed by atoms with Gasteiger partial charge in [-0.15, -0.1) is 0 Å². The van der Waals surface area contributed by atoms with E-state index in [2.05, 4.69) is 5.32 Å². The largest absolute Gasteiger partial charge is 0.486 e. The van der Waals surface area contributed by atoms with Gasteiger partial charge in [-0.3, -0.25) is 13.9 Å². The van der Waals surface area contributed by atoms with Crippen LogP contribution in [0.2, 0.25) is 0 Å². The van der Waals surface area contributed by atoms with Crippen LogP contribution < -0.4 is 19.1 Å². The predicted octanol–water partition coefficient (Wildman–Crippen LogP) is 4.09. The van der Waals surface area contributed by atoms with Crippen LogP contribution in [0.4, 0.5) is 5.69 Å². The highest BCUT2D eigenvalue weighted by Gasteiger charge is 2.33. The zero-order valence-corrected chi connectivity index (χ0v) is 25.4.